The van der Waals surface area contributed by atoms with Gasteiger partial charge in [0, 0.05) is 17.1 Å². The van der Waals surface area contributed by atoms with Crippen molar-refractivity contribution in [2.24, 2.45) is 0 Å². The zero-order valence-corrected chi connectivity index (χ0v) is 18.7. The standard InChI is InChI=1S/C22H17ClF3N5O4/c1-35-15-6-5-11(23)8-14(15)28-19(33)13-9-16(32)29-18-17(13)20(34)31-21(30-18)27-12-4-2-3-10(7-12)22(24,25)26/h2-8,13H,9H2,1H3,(H,28,33)(H3,27,29,30,31,32,34). The summed E-state index contributed by atoms with van der Waals surface area (Å²) in [5.41, 5.74) is -1.50. The number of amides is 2. The van der Waals surface area contributed by atoms with Crippen molar-refractivity contribution < 1.29 is 27.5 Å². The predicted molar refractivity (Wildman–Crippen MR) is 122 cm³/mol. The fraction of sp³-hybridized carbons (Fsp3) is 0.182. The first kappa shape index (κ1) is 24.1. The minimum atomic E-state index is -4.56. The Morgan fingerprint density at radius 2 is 1.97 bits per heavy atom. The van der Waals surface area contributed by atoms with Crippen LogP contribution in [-0.4, -0.2) is 28.9 Å². The first-order chi connectivity index (χ1) is 16.5. The lowest BCUT2D eigenvalue weighted by Gasteiger charge is -2.24. The molecular formula is C22H17ClF3N5O4. The van der Waals surface area contributed by atoms with Gasteiger partial charge in [-0.05, 0) is 36.4 Å². The molecule has 0 aliphatic carbocycles. The van der Waals surface area contributed by atoms with Crippen LogP contribution in [0.5, 0.6) is 5.75 Å². The molecule has 1 atom stereocenters. The summed E-state index contributed by atoms with van der Waals surface area (Å²) in [6.07, 6.45) is -4.89. The molecule has 1 aromatic heterocycles. The number of aromatic amines is 1. The molecular weight excluding hydrogens is 491 g/mol. The van der Waals surface area contributed by atoms with E-state index in [4.69, 9.17) is 16.3 Å². The molecule has 0 saturated carbocycles. The Morgan fingerprint density at radius 1 is 1.20 bits per heavy atom. The van der Waals surface area contributed by atoms with Crippen molar-refractivity contribution in [1.29, 1.82) is 0 Å². The highest BCUT2D eigenvalue weighted by molar-refractivity contribution is 6.31. The Balaban J connectivity index is 1.64. The van der Waals surface area contributed by atoms with Crippen LogP contribution in [0.4, 0.5) is 36.3 Å². The van der Waals surface area contributed by atoms with E-state index >= 15 is 0 Å². The zero-order valence-electron chi connectivity index (χ0n) is 17.9. The van der Waals surface area contributed by atoms with Gasteiger partial charge in [0.05, 0.1) is 29.8 Å². The van der Waals surface area contributed by atoms with Gasteiger partial charge in [-0.15, -0.1) is 0 Å². The minimum Gasteiger partial charge on any atom is -0.495 e. The minimum absolute atomic E-state index is 0.00686. The Hall–Kier alpha value is -4.06. The molecule has 1 unspecified atom stereocenters. The normalized spacial score (nSPS) is 15.1. The SMILES string of the molecule is COc1ccc(Cl)cc1NC(=O)C1CC(=O)Nc2nc(Nc3cccc(C(F)(F)F)c3)[nH]c(=O)c21. The van der Waals surface area contributed by atoms with E-state index in [1.807, 2.05) is 0 Å². The largest absolute Gasteiger partial charge is 0.495 e. The molecule has 3 aromatic rings. The van der Waals surface area contributed by atoms with Gasteiger partial charge < -0.3 is 20.7 Å². The fourth-order valence-corrected chi connectivity index (χ4v) is 3.73. The fourth-order valence-electron chi connectivity index (χ4n) is 3.56. The molecule has 4 N–H and O–H groups in total. The van der Waals surface area contributed by atoms with Gasteiger partial charge in [-0.2, -0.15) is 18.2 Å². The highest BCUT2D eigenvalue weighted by atomic mass is 35.5. The van der Waals surface area contributed by atoms with Crippen LogP contribution >= 0.6 is 11.6 Å². The second kappa shape index (κ2) is 9.29. The molecule has 2 heterocycles. The van der Waals surface area contributed by atoms with Gasteiger partial charge in [-0.3, -0.25) is 19.4 Å². The third kappa shape index (κ3) is 5.22. The molecule has 4 rings (SSSR count). The van der Waals surface area contributed by atoms with Crippen LogP contribution in [0.1, 0.15) is 23.5 Å². The van der Waals surface area contributed by atoms with Gasteiger partial charge in [-0.25, -0.2) is 0 Å². The van der Waals surface area contributed by atoms with Gasteiger partial charge in [0.2, 0.25) is 17.8 Å². The number of halogens is 4. The number of aromatic nitrogens is 2. The number of fused-ring (bicyclic) bond motifs is 1. The Kier molecular flexibility index (Phi) is 6.39. The summed E-state index contributed by atoms with van der Waals surface area (Å²) in [6, 6.07) is 8.83. The maximum Gasteiger partial charge on any atom is 0.416 e. The summed E-state index contributed by atoms with van der Waals surface area (Å²) in [5, 5.41) is 7.94. The van der Waals surface area contributed by atoms with Crippen LogP contribution in [0.2, 0.25) is 5.02 Å². The first-order valence-corrected chi connectivity index (χ1v) is 10.5. The number of nitrogens with one attached hydrogen (secondary N) is 4. The molecule has 182 valence electrons. The van der Waals surface area contributed by atoms with Crippen molar-refractivity contribution in [3.8, 4) is 5.75 Å². The van der Waals surface area contributed by atoms with Crippen LogP contribution in [0.25, 0.3) is 0 Å². The van der Waals surface area contributed by atoms with Gasteiger partial charge >= 0.3 is 6.18 Å². The average Bonchev–Trinajstić information content (AvgIpc) is 2.78. The molecule has 35 heavy (non-hydrogen) atoms. The number of ether oxygens (including phenoxy) is 1. The highest BCUT2D eigenvalue weighted by Gasteiger charge is 2.35. The second-order valence-corrected chi connectivity index (χ2v) is 7.96. The van der Waals surface area contributed by atoms with Gasteiger partial charge in [0.15, 0.2) is 0 Å². The van der Waals surface area contributed by atoms with Crippen molar-refractivity contribution in [3.63, 3.8) is 0 Å². The molecule has 0 bridgehead atoms. The summed E-state index contributed by atoms with van der Waals surface area (Å²) < 4.78 is 44.1. The molecule has 2 aromatic carbocycles. The van der Waals surface area contributed by atoms with Crippen molar-refractivity contribution >= 4 is 46.6 Å². The number of rotatable bonds is 5. The molecule has 9 nitrogen and oxygen atoms in total. The molecule has 1 aliphatic rings. The summed E-state index contributed by atoms with van der Waals surface area (Å²) >= 11 is 5.99. The number of carbonyl (C=O) groups excluding carboxylic acids is 2. The number of nitrogens with zero attached hydrogens (tertiary/aromatic N) is 1. The number of hydrogen-bond acceptors (Lipinski definition) is 6. The van der Waals surface area contributed by atoms with Crippen molar-refractivity contribution in [1.82, 2.24) is 9.97 Å². The monoisotopic (exact) mass is 507 g/mol. The van der Waals surface area contributed by atoms with E-state index in [-0.39, 0.29) is 35.1 Å². The van der Waals surface area contributed by atoms with E-state index in [1.54, 1.807) is 12.1 Å². The van der Waals surface area contributed by atoms with Crippen molar-refractivity contribution in [2.45, 2.75) is 18.5 Å². The van der Waals surface area contributed by atoms with Crippen LogP contribution in [0.3, 0.4) is 0 Å². The lowest BCUT2D eigenvalue weighted by atomic mass is 9.92. The van der Waals surface area contributed by atoms with Gasteiger partial charge in [0.25, 0.3) is 5.56 Å². The van der Waals surface area contributed by atoms with Crippen LogP contribution < -0.4 is 26.2 Å². The third-order valence-corrected chi connectivity index (χ3v) is 5.37. The number of benzene rings is 2. The quantitative estimate of drug-likeness (QED) is 0.409. The molecule has 1 aliphatic heterocycles. The summed E-state index contributed by atoms with van der Waals surface area (Å²) in [7, 11) is 1.40. The number of carbonyl (C=O) groups is 2. The maximum atomic E-state index is 13.0. The maximum absolute atomic E-state index is 13.0. The van der Waals surface area contributed by atoms with Crippen LogP contribution in [-0.2, 0) is 15.8 Å². The molecule has 13 heteroatoms. The van der Waals surface area contributed by atoms with E-state index in [1.165, 1.54) is 25.3 Å². The summed E-state index contributed by atoms with van der Waals surface area (Å²) in [4.78, 5) is 44.6. The Labute approximate surface area is 200 Å². The lowest BCUT2D eigenvalue weighted by Crippen LogP contribution is -2.36. The number of hydrogen-bond donors (Lipinski definition) is 4. The van der Waals surface area contributed by atoms with Gasteiger partial charge in [0.1, 0.15) is 11.6 Å². The van der Waals surface area contributed by atoms with Crippen LogP contribution in [0, 0.1) is 0 Å². The van der Waals surface area contributed by atoms with E-state index in [0.717, 1.165) is 12.1 Å². The van der Waals surface area contributed by atoms with Crippen molar-refractivity contribution in [2.75, 3.05) is 23.1 Å². The highest BCUT2D eigenvalue weighted by Crippen LogP contribution is 2.34. The predicted octanol–water partition coefficient (Wildman–Crippen LogP) is 4.26. The third-order valence-electron chi connectivity index (χ3n) is 5.14. The van der Waals surface area contributed by atoms with E-state index in [9.17, 15) is 27.6 Å². The summed E-state index contributed by atoms with van der Waals surface area (Å²) in [6.45, 7) is 0. The van der Waals surface area contributed by atoms with E-state index < -0.39 is 35.0 Å². The molecule has 0 radical (unpaired) electrons. The number of H-pyrrole nitrogens is 1. The van der Waals surface area contributed by atoms with Gasteiger partial charge in [-0.1, -0.05) is 17.7 Å². The molecule has 0 saturated heterocycles. The first-order valence-electron chi connectivity index (χ1n) is 10.1. The van der Waals surface area contributed by atoms with Crippen LogP contribution in [0.15, 0.2) is 47.3 Å². The van der Waals surface area contributed by atoms with E-state index in [2.05, 4.69) is 25.9 Å². The molecule has 2 amide bonds. The number of alkyl halides is 3. The number of methoxy groups -OCH3 is 1. The Bertz CT molecular complexity index is 1380. The topological polar surface area (TPSA) is 125 Å². The zero-order chi connectivity index (χ0) is 25.3. The van der Waals surface area contributed by atoms with Crippen molar-refractivity contribution in [3.05, 3.63) is 69.0 Å². The smallest absolute Gasteiger partial charge is 0.416 e. The molecule has 0 spiro atoms. The second-order valence-electron chi connectivity index (χ2n) is 7.52. The number of anilines is 4. The van der Waals surface area contributed by atoms with E-state index in [0.29, 0.717) is 10.8 Å². The molecule has 0 fully saturated rings. The Morgan fingerprint density at radius 3 is 2.69 bits per heavy atom. The summed E-state index contributed by atoms with van der Waals surface area (Å²) in [5.74, 6) is -2.52. The lowest BCUT2D eigenvalue weighted by molar-refractivity contribution is -0.137. The average molecular weight is 508 g/mol.